The first-order valence-corrected chi connectivity index (χ1v) is 13.7. The van der Waals surface area contributed by atoms with E-state index in [4.69, 9.17) is 22.2 Å². The topological polar surface area (TPSA) is 71.8 Å². The lowest BCUT2D eigenvalue weighted by Gasteiger charge is -2.32. The van der Waals surface area contributed by atoms with E-state index in [9.17, 15) is 18.0 Å². The van der Waals surface area contributed by atoms with Gasteiger partial charge in [-0.05, 0) is 80.9 Å². The van der Waals surface area contributed by atoms with Gasteiger partial charge in [0.1, 0.15) is 17.9 Å². The normalized spacial score (nSPS) is 19.4. The van der Waals surface area contributed by atoms with Crippen LogP contribution in [-0.4, -0.2) is 60.3 Å². The molecule has 0 aliphatic carbocycles. The van der Waals surface area contributed by atoms with E-state index in [-0.39, 0.29) is 29.1 Å². The lowest BCUT2D eigenvalue weighted by atomic mass is 9.98. The Labute approximate surface area is 250 Å². The molecule has 0 bridgehead atoms. The zero-order valence-corrected chi connectivity index (χ0v) is 25.3. The molecule has 0 spiro atoms. The number of carbonyl (C=O) groups excluding carboxylic acids is 1. The molecule has 1 N–H and O–H groups in total. The van der Waals surface area contributed by atoms with Crippen molar-refractivity contribution in [1.82, 2.24) is 10.2 Å². The van der Waals surface area contributed by atoms with Gasteiger partial charge in [-0.1, -0.05) is 13.8 Å². The van der Waals surface area contributed by atoms with Crippen LogP contribution in [0, 0.1) is 11.3 Å². The molecule has 1 unspecified atom stereocenters. The van der Waals surface area contributed by atoms with E-state index >= 15 is 0 Å². The number of alkyl halides is 3. The predicted molar refractivity (Wildman–Crippen MR) is 160 cm³/mol. The maximum atomic E-state index is 13.6. The first-order chi connectivity index (χ1) is 18.8. The highest BCUT2D eigenvalue weighted by Gasteiger charge is 2.51. The Kier molecular flexibility index (Phi) is 9.96. The second kappa shape index (κ2) is 12.5. The Morgan fingerprint density at radius 1 is 1.20 bits per heavy atom. The second-order valence-corrected chi connectivity index (χ2v) is 11.4. The van der Waals surface area contributed by atoms with Gasteiger partial charge in [0, 0.05) is 37.9 Å². The number of rotatable bonds is 7. The minimum Gasteiger partial charge on any atom is -0.492 e. The molecule has 2 heterocycles. The maximum absolute atomic E-state index is 13.6. The fourth-order valence-corrected chi connectivity index (χ4v) is 5.74. The summed E-state index contributed by atoms with van der Waals surface area (Å²) in [5.41, 5.74) is -1.26. The number of nitriles is 1. The Morgan fingerprint density at radius 2 is 1.88 bits per heavy atom. The van der Waals surface area contributed by atoms with E-state index in [1.807, 2.05) is 32.0 Å². The average Bonchev–Trinajstić information content (AvgIpc) is 3.06. The molecule has 2 aliphatic heterocycles. The summed E-state index contributed by atoms with van der Waals surface area (Å²) >= 11 is 5.69. The number of hydrogen-bond donors (Lipinski definition) is 1. The summed E-state index contributed by atoms with van der Waals surface area (Å²) < 4.78 is 47.1. The van der Waals surface area contributed by atoms with Gasteiger partial charge in [0.15, 0.2) is 5.11 Å². The van der Waals surface area contributed by atoms with Crippen LogP contribution in [0.25, 0.3) is 0 Å². The third kappa shape index (κ3) is 6.61. The van der Waals surface area contributed by atoms with Crippen molar-refractivity contribution >= 4 is 47.0 Å². The first kappa shape index (κ1) is 32.6. The maximum Gasteiger partial charge on any atom is 0.417 e. The molecule has 1 atom stereocenters. The smallest absolute Gasteiger partial charge is 0.417 e. The molecule has 2 aromatic carbocycles. The van der Waals surface area contributed by atoms with Gasteiger partial charge in [-0.2, -0.15) is 18.4 Å². The third-order valence-electron chi connectivity index (χ3n) is 7.35. The SMILES string of the molecule is CC1CN(CCOc2ccc(N3C(=S)N(c4ccc(C#N)c(C(F)(F)F)c4)C(=O)C3(C)C)cc2C(C)C)CCN1.Cl. The lowest BCUT2D eigenvalue weighted by Crippen LogP contribution is -2.50. The molecule has 2 fully saturated rings. The minimum atomic E-state index is -4.76. The summed E-state index contributed by atoms with van der Waals surface area (Å²) in [6.45, 7) is 13.9. The minimum absolute atomic E-state index is 0. The van der Waals surface area contributed by atoms with E-state index in [1.54, 1.807) is 24.8 Å². The number of thiocarbonyl (C=S) groups is 1. The molecule has 2 saturated heterocycles. The molecule has 4 rings (SSSR count). The molecule has 0 aromatic heterocycles. The summed E-state index contributed by atoms with van der Waals surface area (Å²) in [7, 11) is 0. The van der Waals surface area contributed by atoms with Crippen LogP contribution in [-0.2, 0) is 11.0 Å². The van der Waals surface area contributed by atoms with Crippen LogP contribution in [0.5, 0.6) is 5.75 Å². The van der Waals surface area contributed by atoms with E-state index < -0.39 is 28.7 Å². The summed E-state index contributed by atoms with van der Waals surface area (Å²) in [5.74, 6) is 0.384. The highest BCUT2D eigenvalue weighted by molar-refractivity contribution is 7.81. The summed E-state index contributed by atoms with van der Waals surface area (Å²) in [5, 5.41) is 12.6. The summed E-state index contributed by atoms with van der Waals surface area (Å²) in [6, 6.07) is 10.8. The van der Waals surface area contributed by atoms with Crippen molar-refractivity contribution in [2.24, 2.45) is 0 Å². The van der Waals surface area contributed by atoms with Crippen LogP contribution in [0.15, 0.2) is 36.4 Å². The van der Waals surface area contributed by atoms with Gasteiger partial charge in [0.05, 0.1) is 22.9 Å². The quantitative estimate of drug-likeness (QED) is 0.403. The number of hydrogen-bond acceptors (Lipinski definition) is 6. The molecule has 2 aliphatic rings. The summed E-state index contributed by atoms with van der Waals surface area (Å²) in [6.07, 6.45) is -4.76. The molecular formula is C29H35ClF3N5O2S. The Morgan fingerprint density at radius 3 is 2.49 bits per heavy atom. The molecule has 12 heteroatoms. The molecular weight excluding hydrogens is 575 g/mol. The highest BCUT2D eigenvalue weighted by atomic mass is 35.5. The molecule has 0 radical (unpaired) electrons. The molecule has 7 nitrogen and oxygen atoms in total. The number of ether oxygens (including phenoxy) is 1. The van der Waals surface area contributed by atoms with Crippen LogP contribution >= 0.6 is 24.6 Å². The highest BCUT2D eigenvalue weighted by Crippen LogP contribution is 2.41. The Balaban J connectivity index is 0.00000462. The number of halogens is 4. The number of benzene rings is 2. The Bertz CT molecular complexity index is 1340. The van der Waals surface area contributed by atoms with Crippen molar-refractivity contribution in [2.45, 2.75) is 58.3 Å². The van der Waals surface area contributed by atoms with E-state index in [1.165, 1.54) is 6.07 Å². The fourth-order valence-electron chi connectivity index (χ4n) is 5.22. The van der Waals surface area contributed by atoms with Crippen molar-refractivity contribution in [3.63, 3.8) is 0 Å². The predicted octanol–water partition coefficient (Wildman–Crippen LogP) is 5.71. The van der Waals surface area contributed by atoms with Gasteiger partial charge in [0.25, 0.3) is 5.91 Å². The third-order valence-corrected chi connectivity index (χ3v) is 7.71. The fraction of sp³-hybridized carbons (Fsp3) is 0.483. The number of nitrogens with one attached hydrogen (secondary N) is 1. The number of anilines is 2. The van der Waals surface area contributed by atoms with E-state index in [0.717, 1.165) is 54.5 Å². The zero-order chi connectivity index (χ0) is 29.4. The largest absolute Gasteiger partial charge is 0.492 e. The number of nitrogens with zero attached hydrogens (tertiary/aromatic N) is 4. The summed E-state index contributed by atoms with van der Waals surface area (Å²) in [4.78, 5) is 18.7. The van der Waals surface area contributed by atoms with E-state index in [2.05, 4.69) is 17.1 Å². The molecule has 41 heavy (non-hydrogen) atoms. The number of piperazine rings is 1. The van der Waals surface area contributed by atoms with Gasteiger partial charge in [-0.25, -0.2) is 0 Å². The zero-order valence-electron chi connectivity index (χ0n) is 23.7. The van der Waals surface area contributed by atoms with Gasteiger partial charge >= 0.3 is 6.18 Å². The number of carbonyl (C=O) groups is 1. The molecule has 0 saturated carbocycles. The van der Waals surface area contributed by atoms with Crippen molar-refractivity contribution in [1.29, 1.82) is 5.26 Å². The molecule has 1 amide bonds. The van der Waals surface area contributed by atoms with Crippen LogP contribution in [0.4, 0.5) is 24.5 Å². The van der Waals surface area contributed by atoms with Gasteiger partial charge in [-0.15, -0.1) is 12.4 Å². The monoisotopic (exact) mass is 609 g/mol. The van der Waals surface area contributed by atoms with Crippen LogP contribution in [0.3, 0.4) is 0 Å². The van der Waals surface area contributed by atoms with Gasteiger partial charge in [0.2, 0.25) is 0 Å². The molecule has 222 valence electrons. The van der Waals surface area contributed by atoms with Crippen LogP contribution in [0.1, 0.15) is 57.2 Å². The van der Waals surface area contributed by atoms with Gasteiger partial charge < -0.3 is 15.0 Å². The first-order valence-electron chi connectivity index (χ1n) is 13.3. The molecule has 2 aromatic rings. The number of amides is 1. The standard InChI is InChI=1S/C29H34F3N5O2S.ClH/c1-18(2)23-14-22(8-9-25(23)39-13-12-35-11-10-34-19(3)17-35)37-27(40)36(26(38)28(37,4)5)21-7-6-20(16-33)24(15-21)29(30,31)32;/h6-9,14-15,18-19,34H,10-13,17H2,1-5H3;1H. The second-order valence-electron chi connectivity index (χ2n) is 11.0. The van der Waals surface area contributed by atoms with E-state index in [0.29, 0.717) is 18.3 Å². The van der Waals surface area contributed by atoms with Crippen molar-refractivity contribution < 1.29 is 22.7 Å². The van der Waals surface area contributed by atoms with Crippen molar-refractivity contribution in [3.05, 3.63) is 53.1 Å². The van der Waals surface area contributed by atoms with Crippen LogP contribution in [0.2, 0.25) is 0 Å². The van der Waals surface area contributed by atoms with Crippen molar-refractivity contribution in [3.8, 4) is 11.8 Å². The Hall–Kier alpha value is -2.91. The van der Waals surface area contributed by atoms with Gasteiger partial charge in [-0.3, -0.25) is 14.6 Å². The lowest BCUT2D eigenvalue weighted by molar-refractivity contribution is -0.137. The van der Waals surface area contributed by atoms with Crippen molar-refractivity contribution in [2.75, 3.05) is 42.6 Å². The average molecular weight is 610 g/mol. The van der Waals surface area contributed by atoms with Crippen LogP contribution < -0.4 is 19.9 Å².